The summed E-state index contributed by atoms with van der Waals surface area (Å²) < 4.78 is 32.4. The summed E-state index contributed by atoms with van der Waals surface area (Å²) >= 11 is 3.35. The molecule has 110 valence electrons. The molecule has 0 radical (unpaired) electrons. The van der Waals surface area contributed by atoms with Crippen LogP contribution >= 0.6 is 15.9 Å². The molecule has 0 heterocycles. The van der Waals surface area contributed by atoms with Gasteiger partial charge in [0.1, 0.15) is 6.10 Å². The minimum atomic E-state index is -1.04. The largest absolute Gasteiger partial charge is 0.366 e. The Morgan fingerprint density at radius 2 is 1.95 bits per heavy atom. The average Bonchev–Trinajstić information content (AvgIpc) is 2.47. The molecule has 0 aliphatic heterocycles. The van der Waals surface area contributed by atoms with Crippen molar-refractivity contribution in [2.75, 3.05) is 0 Å². The van der Waals surface area contributed by atoms with Gasteiger partial charge in [0, 0.05) is 10.0 Å². The number of hydrogen-bond donors (Lipinski definition) is 0. The summed E-state index contributed by atoms with van der Waals surface area (Å²) in [6.45, 7) is 1.84. The lowest BCUT2D eigenvalue weighted by molar-refractivity contribution is 0.0411. The van der Waals surface area contributed by atoms with Gasteiger partial charge in [0.05, 0.1) is 6.61 Å². The molecule has 0 saturated carbocycles. The van der Waals surface area contributed by atoms with Gasteiger partial charge in [-0.3, -0.25) is 4.79 Å². The topological polar surface area (TPSA) is 26.3 Å². The third-order valence-electron chi connectivity index (χ3n) is 2.96. The molecule has 0 aliphatic rings. The maximum absolute atomic E-state index is 13.1. The van der Waals surface area contributed by atoms with Crippen LogP contribution in [0, 0.1) is 11.6 Å². The van der Waals surface area contributed by atoms with Gasteiger partial charge in [0.15, 0.2) is 17.4 Å². The highest BCUT2D eigenvalue weighted by atomic mass is 79.9. The number of halogens is 3. The van der Waals surface area contributed by atoms with Crippen molar-refractivity contribution in [2.24, 2.45) is 0 Å². The second kappa shape index (κ2) is 6.91. The Hall–Kier alpha value is -1.59. The first-order valence-electron chi connectivity index (χ1n) is 6.32. The standard InChI is InChI=1S/C16H13BrF2O2/c1-10(21-9-11-3-2-4-13(17)7-11)16(20)12-5-6-14(18)15(19)8-12/h2-8,10H,9H2,1H3. The van der Waals surface area contributed by atoms with Crippen molar-refractivity contribution in [2.45, 2.75) is 19.6 Å². The summed E-state index contributed by atoms with van der Waals surface area (Å²) in [4.78, 5) is 12.1. The molecule has 5 heteroatoms. The monoisotopic (exact) mass is 354 g/mol. The fraction of sp³-hybridized carbons (Fsp3) is 0.188. The number of hydrogen-bond acceptors (Lipinski definition) is 2. The van der Waals surface area contributed by atoms with Crippen LogP contribution in [-0.4, -0.2) is 11.9 Å². The van der Waals surface area contributed by atoms with Gasteiger partial charge in [-0.2, -0.15) is 0 Å². The lowest BCUT2D eigenvalue weighted by atomic mass is 10.1. The molecular formula is C16H13BrF2O2. The number of carbonyl (C=O) groups is 1. The fourth-order valence-electron chi connectivity index (χ4n) is 1.81. The quantitative estimate of drug-likeness (QED) is 0.738. The fourth-order valence-corrected chi connectivity index (χ4v) is 2.25. The highest BCUT2D eigenvalue weighted by molar-refractivity contribution is 9.10. The van der Waals surface area contributed by atoms with Crippen LogP contribution in [0.1, 0.15) is 22.8 Å². The normalized spacial score (nSPS) is 12.2. The van der Waals surface area contributed by atoms with Crippen molar-refractivity contribution < 1.29 is 18.3 Å². The van der Waals surface area contributed by atoms with Gasteiger partial charge in [0.25, 0.3) is 0 Å². The number of Topliss-reactive ketones (excluding diaryl/α,β-unsaturated/α-hetero) is 1. The van der Waals surface area contributed by atoms with Crippen LogP contribution in [0.5, 0.6) is 0 Å². The average molecular weight is 355 g/mol. The molecule has 1 unspecified atom stereocenters. The van der Waals surface area contributed by atoms with Gasteiger partial charge >= 0.3 is 0 Å². The predicted octanol–water partition coefficient (Wildman–Crippen LogP) is 4.52. The zero-order valence-corrected chi connectivity index (χ0v) is 12.9. The van der Waals surface area contributed by atoms with E-state index in [1.54, 1.807) is 6.92 Å². The highest BCUT2D eigenvalue weighted by Gasteiger charge is 2.17. The molecule has 0 amide bonds. The third kappa shape index (κ3) is 4.19. The van der Waals surface area contributed by atoms with Crippen molar-refractivity contribution in [3.63, 3.8) is 0 Å². The second-order valence-electron chi connectivity index (χ2n) is 4.58. The third-order valence-corrected chi connectivity index (χ3v) is 3.46. The molecule has 0 bridgehead atoms. The Labute approximate surface area is 129 Å². The number of carbonyl (C=O) groups excluding carboxylic acids is 1. The van der Waals surface area contributed by atoms with Crippen LogP contribution in [-0.2, 0) is 11.3 Å². The van der Waals surface area contributed by atoms with E-state index < -0.39 is 17.7 Å². The summed E-state index contributed by atoms with van der Waals surface area (Å²) in [6.07, 6.45) is -0.742. The second-order valence-corrected chi connectivity index (χ2v) is 5.49. The van der Waals surface area contributed by atoms with E-state index in [0.717, 1.165) is 22.2 Å². The number of ketones is 1. The lowest BCUT2D eigenvalue weighted by Gasteiger charge is -2.12. The zero-order chi connectivity index (χ0) is 15.4. The van der Waals surface area contributed by atoms with Crippen molar-refractivity contribution in [1.29, 1.82) is 0 Å². The van der Waals surface area contributed by atoms with E-state index in [9.17, 15) is 13.6 Å². The summed E-state index contributed by atoms with van der Waals surface area (Å²) in [6, 6.07) is 10.6. The molecule has 0 saturated heterocycles. The molecule has 2 aromatic rings. The first-order chi connectivity index (χ1) is 9.97. The van der Waals surface area contributed by atoms with Crippen LogP contribution in [0.25, 0.3) is 0 Å². The Balaban J connectivity index is 2.00. The van der Waals surface area contributed by atoms with E-state index in [2.05, 4.69) is 15.9 Å². The summed E-state index contributed by atoms with van der Waals surface area (Å²) in [5.41, 5.74) is 1.00. The Bertz CT molecular complexity index is 658. The number of benzene rings is 2. The van der Waals surface area contributed by atoms with Gasteiger partial charge in [-0.1, -0.05) is 28.1 Å². The van der Waals surface area contributed by atoms with Crippen LogP contribution in [0.4, 0.5) is 8.78 Å². The lowest BCUT2D eigenvalue weighted by Crippen LogP contribution is -2.21. The summed E-state index contributed by atoms with van der Waals surface area (Å²) in [5, 5.41) is 0. The molecule has 21 heavy (non-hydrogen) atoms. The van der Waals surface area contributed by atoms with E-state index in [1.807, 2.05) is 24.3 Å². The van der Waals surface area contributed by atoms with Gasteiger partial charge < -0.3 is 4.74 Å². The molecule has 0 fully saturated rings. The molecule has 2 rings (SSSR count). The number of rotatable bonds is 5. The van der Waals surface area contributed by atoms with Crippen LogP contribution in [0.3, 0.4) is 0 Å². The van der Waals surface area contributed by atoms with Gasteiger partial charge in [-0.25, -0.2) is 8.78 Å². The van der Waals surface area contributed by atoms with Crippen molar-refractivity contribution in [3.05, 3.63) is 69.7 Å². The molecule has 2 aromatic carbocycles. The van der Waals surface area contributed by atoms with E-state index >= 15 is 0 Å². The van der Waals surface area contributed by atoms with Crippen molar-refractivity contribution in [3.8, 4) is 0 Å². The number of ether oxygens (including phenoxy) is 1. The van der Waals surface area contributed by atoms with Crippen molar-refractivity contribution in [1.82, 2.24) is 0 Å². The van der Waals surface area contributed by atoms with Gasteiger partial charge in [-0.05, 0) is 42.8 Å². The van der Waals surface area contributed by atoms with E-state index in [-0.39, 0.29) is 18.0 Å². The van der Waals surface area contributed by atoms with E-state index in [1.165, 1.54) is 6.07 Å². The molecule has 0 aliphatic carbocycles. The molecule has 1 atom stereocenters. The minimum Gasteiger partial charge on any atom is -0.366 e. The maximum atomic E-state index is 13.1. The van der Waals surface area contributed by atoms with Gasteiger partial charge in [-0.15, -0.1) is 0 Å². The van der Waals surface area contributed by atoms with E-state index in [0.29, 0.717) is 0 Å². The van der Waals surface area contributed by atoms with Crippen LogP contribution < -0.4 is 0 Å². The van der Waals surface area contributed by atoms with Crippen molar-refractivity contribution >= 4 is 21.7 Å². The molecule has 0 spiro atoms. The summed E-state index contributed by atoms with van der Waals surface area (Å²) in [5.74, 6) is -2.40. The molecule has 0 aromatic heterocycles. The Morgan fingerprint density at radius 1 is 1.19 bits per heavy atom. The molecular weight excluding hydrogens is 342 g/mol. The first-order valence-corrected chi connectivity index (χ1v) is 7.12. The van der Waals surface area contributed by atoms with Crippen LogP contribution in [0.15, 0.2) is 46.9 Å². The first kappa shape index (κ1) is 15.8. The molecule has 2 nitrogen and oxygen atoms in total. The minimum absolute atomic E-state index is 0.0932. The zero-order valence-electron chi connectivity index (χ0n) is 11.3. The summed E-state index contributed by atoms with van der Waals surface area (Å²) in [7, 11) is 0. The van der Waals surface area contributed by atoms with Gasteiger partial charge in [0.2, 0.25) is 0 Å². The smallest absolute Gasteiger partial charge is 0.191 e. The predicted molar refractivity (Wildman–Crippen MR) is 79.1 cm³/mol. The van der Waals surface area contributed by atoms with E-state index in [4.69, 9.17) is 4.74 Å². The SMILES string of the molecule is CC(OCc1cccc(Br)c1)C(=O)c1ccc(F)c(F)c1. The maximum Gasteiger partial charge on any atom is 0.191 e. The highest BCUT2D eigenvalue weighted by Crippen LogP contribution is 2.15. The molecule has 0 N–H and O–H groups in total. The Morgan fingerprint density at radius 3 is 2.62 bits per heavy atom. The Kier molecular flexibility index (Phi) is 5.20. The van der Waals surface area contributed by atoms with Crippen LogP contribution in [0.2, 0.25) is 0 Å².